The molecule has 0 bridgehead atoms. The fourth-order valence-corrected chi connectivity index (χ4v) is 2.99. The molecule has 0 saturated heterocycles. The van der Waals surface area contributed by atoms with Crippen molar-refractivity contribution < 1.29 is 18.6 Å². The largest absolute Gasteiger partial charge is 0.394 e. The average Bonchev–Trinajstić information content (AvgIpc) is 2.50. The van der Waals surface area contributed by atoms with Gasteiger partial charge in [-0.25, -0.2) is 13.1 Å². The highest BCUT2D eigenvalue weighted by Crippen LogP contribution is 2.17. The van der Waals surface area contributed by atoms with Gasteiger partial charge in [0.15, 0.2) is 0 Å². The molecule has 0 amide bonds. The van der Waals surface area contributed by atoms with Gasteiger partial charge >= 0.3 is 0 Å². The minimum Gasteiger partial charge on any atom is -0.394 e. The highest BCUT2D eigenvalue weighted by atomic mass is 32.2. The number of aliphatic hydroxyl groups is 2. The summed E-state index contributed by atoms with van der Waals surface area (Å²) in [5, 5.41) is 21.7. The molecule has 1 atom stereocenters. The third-order valence-electron chi connectivity index (χ3n) is 2.43. The number of aryl methyl sites for hydroxylation is 2. The van der Waals surface area contributed by atoms with Gasteiger partial charge in [-0.2, -0.15) is 5.10 Å². The summed E-state index contributed by atoms with van der Waals surface area (Å²) in [7, 11) is -2.05. The number of nitrogens with zero attached hydrogens (tertiary/aromatic N) is 2. The summed E-state index contributed by atoms with van der Waals surface area (Å²) in [6.07, 6.45) is -1.11. The van der Waals surface area contributed by atoms with Crippen LogP contribution in [0.5, 0.6) is 0 Å². The van der Waals surface area contributed by atoms with E-state index in [0.717, 1.165) is 0 Å². The molecule has 0 aromatic carbocycles. The third kappa shape index (κ3) is 3.03. The van der Waals surface area contributed by atoms with Gasteiger partial charge in [0.25, 0.3) is 0 Å². The quantitative estimate of drug-likeness (QED) is 0.610. The van der Waals surface area contributed by atoms with E-state index in [2.05, 4.69) is 9.82 Å². The molecule has 3 N–H and O–H groups in total. The first-order valence-electron chi connectivity index (χ1n) is 5.08. The van der Waals surface area contributed by atoms with Crippen molar-refractivity contribution in [3.8, 4) is 0 Å². The van der Waals surface area contributed by atoms with E-state index in [1.54, 1.807) is 20.9 Å². The van der Waals surface area contributed by atoms with Crippen molar-refractivity contribution in [2.75, 3.05) is 13.2 Å². The Hall–Kier alpha value is -0.960. The Morgan fingerprint density at radius 1 is 1.47 bits per heavy atom. The molecule has 1 aromatic rings. The van der Waals surface area contributed by atoms with Crippen LogP contribution in [0.15, 0.2) is 4.90 Å². The van der Waals surface area contributed by atoms with Crippen LogP contribution < -0.4 is 4.72 Å². The molecule has 0 fully saturated rings. The fraction of sp³-hybridized carbons (Fsp3) is 0.667. The molecule has 1 unspecified atom stereocenters. The smallest absolute Gasteiger partial charge is 0.244 e. The van der Waals surface area contributed by atoms with Crippen LogP contribution in [0.1, 0.15) is 11.4 Å². The summed E-state index contributed by atoms with van der Waals surface area (Å²) in [6, 6.07) is 0. The van der Waals surface area contributed by atoms with E-state index in [1.165, 1.54) is 4.68 Å². The molecular weight excluding hydrogens is 246 g/mol. The summed E-state index contributed by atoms with van der Waals surface area (Å²) in [4.78, 5) is 0.116. The van der Waals surface area contributed by atoms with E-state index in [0.29, 0.717) is 11.4 Å². The van der Waals surface area contributed by atoms with E-state index in [4.69, 9.17) is 10.2 Å². The van der Waals surface area contributed by atoms with Gasteiger partial charge in [-0.3, -0.25) is 4.68 Å². The van der Waals surface area contributed by atoms with Crippen LogP contribution in [0.2, 0.25) is 0 Å². The van der Waals surface area contributed by atoms with E-state index in [-0.39, 0.29) is 11.4 Å². The lowest BCUT2D eigenvalue weighted by Gasteiger charge is -2.10. The first-order chi connectivity index (χ1) is 7.79. The van der Waals surface area contributed by atoms with Gasteiger partial charge in [0.05, 0.1) is 24.1 Å². The molecule has 7 nitrogen and oxygen atoms in total. The number of sulfonamides is 1. The summed E-state index contributed by atoms with van der Waals surface area (Å²) in [6.45, 7) is 2.53. The average molecular weight is 263 g/mol. The Bertz CT molecular complexity index is 495. The van der Waals surface area contributed by atoms with E-state index in [9.17, 15) is 8.42 Å². The number of hydrogen-bond acceptors (Lipinski definition) is 5. The summed E-state index contributed by atoms with van der Waals surface area (Å²) in [5.74, 6) is 0. The van der Waals surface area contributed by atoms with Gasteiger partial charge in [-0.1, -0.05) is 0 Å². The summed E-state index contributed by atoms with van der Waals surface area (Å²) < 4.78 is 27.6. The Balaban J connectivity index is 2.98. The zero-order valence-corrected chi connectivity index (χ0v) is 10.8. The second-order valence-corrected chi connectivity index (χ2v) is 5.52. The van der Waals surface area contributed by atoms with Crippen LogP contribution in [0.3, 0.4) is 0 Å². The molecule has 98 valence electrons. The normalized spacial score (nSPS) is 13.9. The Labute approximate surface area is 100 Å². The van der Waals surface area contributed by atoms with Crippen molar-refractivity contribution >= 4 is 10.0 Å². The topological polar surface area (TPSA) is 104 Å². The van der Waals surface area contributed by atoms with Gasteiger partial charge in [0.1, 0.15) is 4.90 Å². The highest BCUT2D eigenvalue weighted by molar-refractivity contribution is 7.89. The number of hydrogen-bond donors (Lipinski definition) is 3. The van der Waals surface area contributed by atoms with Gasteiger partial charge in [0, 0.05) is 13.6 Å². The van der Waals surface area contributed by atoms with Crippen LogP contribution in [-0.2, 0) is 17.1 Å². The number of aromatic nitrogens is 2. The van der Waals surface area contributed by atoms with Crippen LogP contribution in [0.4, 0.5) is 0 Å². The zero-order chi connectivity index (χ0) is 13.2. The van der Waals surface area contributed by atoms with Crippen molar-refractivity contribution in [2.24, 2.45) is 7.05 Å². The van der Waals surface area contributed by atoms with Crippen molar-refractivity contribution in [1.82, 2.24) is 14.5 Å². The van der Waals surface area contributed by atoms with E-state index in [1.807, 2.05) is 0 Å². The molecule has 0 aliphatic rings. The predicted molar refractivity (Wildman–Crippen MR) is 61.0 cm³/mol. The number of aliphatic hydroxyl groups excluding tert-OH is 2. The fourth-order valence-electron chi connectivity index (χ4n) is 1.49. The molecule has 1 heterocycles. The predicted octanol–water partition coefficient (Wildman–Crippen LogP) is -1.33. The maximum atomic E-state index is 12.0. The molecule has 17 heavy (non-hydrogen) atoms. The van der Waals surface area contributed by atoms with Gasteiger partial charge in [-0.15, -0.1) is 0 Å². The monoisotopic (exact) mass is 263 g/mol. The van der Waals surface area contributed by atoms with E-state index < -0.39 is 22.7 Å². The Morgan fingerprint density at radius 2 is 2.06 bits per heavy atom. The third-order valence-corrected chi connectivity index (χ3v) is 4.11. The van der Waals surface area contributed by atoms with Crippen molar-refractivity contribution in [2.45, 2.75) is 24.8 Å². The second-order valence-electron chi connectivity index (χ2n) is 3.81. The molecule has 8 heteroatoms. The molecule has 0 radical (unpaired) electrons. The maximum absolute atomic E-state index is 12.0. The first kappa shape index (κ1) is 14.1. The zero-order valence-electron chi connectivity index (χ0n) is 10.0. The van der Waals surface area contributed by atoms with Gasteiger partial charge in [-0.05, 0) is 13.8 Å². The lowest BCUT2D eigenvalue weighted by Crippen LogP contribution is -2.34. The Kier molecular flexibility index (Phi) is 4.26. The number of rotatable bonds is 5. The Morgan fingerprint density at radius 3 is 2.47 bits per heavy atom. The van der Waals surface area contributed by atoms with E-state index >= 15 is 0 Å². The summed E-state index contributed by atoms with van der Waals surface area (Å²) >= 11 is 0. The lowest BCUT2D eigenvalue weighted by atomic mass is 10.4. The standard InChI is InChI=1S/C9H17N3O4S/c1-6-9(7(2)12(3)11-6)17(15,16)10-4-8(14)5-13/h8,10,13-14H,4-5H2,1-3H3. The van der Waals surface area contributed by atoms with Gasteiger partial charge in [0.2, 0.25) is 10.0 Å². The summed E-state index contributed by atoms with van der Waals surface area (Å²) in [5.41, 5.74) is 0.921. The molecule has 0 aliphatic carbocycles. The molecule has 0 aliphatic heterocycles. The van der Waals surface area contributed by atoms with Crippen molar-refractivity contribution in [1.29, 1.82) is 0 Å². The highest BCUT2D eigenvalue weighted by Gasteiger charge is 2.23. The maximum Gasteiger partial charge on any atom is 0.244 e. The molecular formula is C9H17N3O4S. The lowest BCUT2D eigenvalue weighted by molar-refractivity contribution is 0.0988. The number of nitrogens with one attached hydrogen (secondary N) is 1. The van der Waals surface area contributed by atoms with Crippen molar-refractivity contribution in [3.05, 3.63) is 11.4 Å². The minimum absolute atomic E-state index is 0.116. The van der Waals surface area contributed by atoms with Crippen LogP contribution in [0, 0.1) is 13.8 Å². The van der Waals surface area contributed by atoms with Crippen LogP contribution in [0.25, 0.3) is 0 Å². The molecule has 1 aromatic heterocycles. The first-order valence-corrected chi connectivity index (χ1v) is 6.56. The van der Waals surface area contributed by atoms with Crippen LogP contribution >= 0.6 is 0 Å². The minimum atomic E-state index is -3.71. The van der Waals surface area contributed by atoms with Crippen molar-refractivity contribution in [3.63, 3.8) is 0 Å². The molecule has 0 saturated carbocycles. The SMILES string of the molecule is Cc1nn(C)c(C)c1S(=O)(=O)NCC(O)CO. The molecule has 0 spiro atoms. The van der Waals surface area contributed by atoms with Crippen LogP contribution in [-0.4, -0.2) is 47.7 Å². The second kappa shape index (κ2) is 5.13. The van der Waals surface area contributed by atoms with Gasteiger partial charge < -0.3 is 10.2 Å². The molecule has 1 rings (SSSR count).